The van der Waals surface area contributed by atoms with E-state index < -0.39 is 0 Å². The zero-order chi connectivity index (χ0) is 18.5. The lowest BCUT2D eigenvalue weighted by Crippen LogP contribution is -3.27. The predicted molar refractivity (Wildman–Crippen MR) is 108 cm³/mol. The first-order chi connectivity index (χ1) is 13.3. The number of piperazine rings is 1. The van der Waals surface area contributed by atoms with Gasteiger partial charge in [0.25, 0.3) is 0 Å². The van der Waals surface area contributed by atoms with Crippen molar-refractivity contribution < 1.29 is 14.2 Å². The third-order valence-electron chi connectivity index (χ3n) is 5.37. The fourth-order valence-electron chi connectivity index (χ4n) is 3.77. The van der Waals surface area contributed by atoms with Crippen LogP contribution in [0.25, 0.3) is 17.0 Å². The minimum absolute atomic E-state index is 0.116. The van der Waals surface area contributed by atoms with Gasteiger partial charge in [0.05, 0.1) is 17.5 Å². The molecule has 0 bridgehead atoms. The van der Waals surface area contributed by atoms with E-state index in [9.17, 15) is 4.79 Å². The molecule has 0 spiro atoms. The van der Waals surface area contributed by atoms with E-state index >= 15 is 0 Å². The Kier molecular flexibility index (Phi) is 5.47. The van der Waals surface area contributed by atoms with Crippen molar-refractivity contribution in [3.05, 3.63) is 88.3 Å². The highest BCUT2D eigenvalue weighted by molar-refractivity contribution is 5.76. The van der Waals surface area contributed by atoms with Crippen molar-refractivity contribution in [3.63, 3.8) is 0 Å². The number of para-hydroxylation sites is 1. The lowest BCUT2D eigenvalue weighted by atomic mass is 10.1. The summed E-state index contributed by atoms with van der Waals surface area (Å²) in [5, 5.41) is 0.685. The van der Waals surface area contributed by atoms with Crippen molar-refractivity contribution in [1.29, 1.82) is 0 Å². The monoisotopic (exact) mass is 362 g/mol. The first-order valence-corrected chi connectivity index (χ1v) is 9.68. The van der Waals surface area contributed by atoms with Gasteiger partial charge in [-0.2, -0.15) is 0 Å². The average molecular weight is 362 g/mol. The van der Waals surface area contributed by atoms with E-state index in [2.05, 4.69) is 36.4 Å². The molecule has 4 rings (SSSR count). The summed E-state index contributed by atoms with van der Waals surface area (Å²) in [5.41, 5.74) is 2.82. The highest BCUT2D eigenvalue weighted by Gasteiger charge is 2.23. The third kappa shape index (κ3) is 4.35. The van der Waals surface area contributed by atoms with Gasteiger partial charge >= 0.3 is 0 Å². The Hall–Kier alpha value is -2.69. The molecule has 2 aromatic carbocycles. The first-order valence-electron chi connectivity index (χ1n) is 9.68. The molecule has 27 heavy (non-hydrogen) atoms. The molecule has 0 aliphatic carbocycles. The summed E-state index contributed by atoms with van der Waals surface area (Å²) in [6.45, 7) is 6.24. The van der Waals surface area contributed by atoms with Crippen LogP contribution in [-0.2, 0) is 6.54 Å². The number of hydrogen-bond acceptors (Lipinski definition) is 2. The molecule has 2 heterocycles. The van der Waals surface area contributed by atoms with Gasteiger partial charge in [-0.05, 0) is 23.8 Å². The standard InChI is InChI=1S/C23H24N2O2/c26-23-20(18-27-22-11-5-4-10-21(22)23)17-25-15-13-24(14-16-25)12-6-9-19-7-2-1-3-8-19/h1-11,18H,12-17H2/p+2/b9-6+. The van der Waals surface area contributed by atoms with Crippen LogP contribution < -0.4 is 15.2 Å². The fourth-order valence-corrected chi connectivity index (χ4v) is 3.77. The zero-order valence-corrected chi connectivity index (χ0v) is 15.5. The maximum Gasteiger partial charge on any atom is 0.201 e. The molecular formula is C23H26N2O2+2. The molecule has 1 aliphatic heterocycles. The quantitative estimate of drug-likeness (QED) is 0.704. The van der Waals surface area contributed by atoms with Crippen molar-refractivity contribution >= 4 is 17.0 Å². The lowest BCUT2D eigenvalue weighted by Gasteiger charge is -2.28. The highest BCUT2D eigenvalue weighted by Crippen LogP contribution is 2.09. The van der Waals surface area contributed by atoms with Gasteiger partial charge in [0.2, 0.25) is 5.43 Å². The molecule has 0 saturated carbocycles. The molecular weight excluding hydrogens is 336 g/mol. The molecule has 2 N–H and O–H groups in total. The van der Waals surface area contributed by atoms with Crippen LogP contribution in [0.5, 0.6) is 0 Å². The Bertz CT molecular complexity index is 970. The van der Waals surface area contributed by atoms with Gasteiger partial charge in [-0.15, -0.1) is 0 Å². The number of fused-ring (bicyclic) bond motifs is 1. The maximum absolute atomic E-state index is 12.7. The molecule has 1 saturated heterocycles. The molecule has 1 aliphatic rings. The normalized spacial score (nSPS) is 20.3. The minimum Gasteiger partial charge on any atom is -0.464 e. The number of quaternary nitrogens is 2. The number of nitrogens with one attached hydrogen (secondary N) is 2. The summed E-state index contributed by atoms with van der Waals surface area (Å²) in [5.74, 6) is 0. The number of benzene rings is 2. The van der Waals surface area contributed by atoms with E-state index in [-0.39, 0.29) is 5.43 Å². The molecule has 4 heteroatoms. The summed E-state index contributed by atoms with van der Waals surface area (Å²) < 4.78 is 5.65. The van der Waals surface area contributed by atoms with Gasteiger partial charge < -0.3 is 14.2 Å². The van der Waals surface area contributed by atoms with Gasteiger partial charge in [-0.25, -0.2) is 0 Å². The summed E-state index contributed by atoms with van der Waals surface area (Å²) in [6, 6.07) is 17.9. The summed E-state index contributed by atoms with van der Waals surface area (Å²) in [4.78, 5) is 15.7. The van der Waals surface area contributed by atoms with Gasteiger partial charge in [0, 0.05) is 0 Å². The van der Waals surface area contributed by atoms with Gasteiger partial charge in [0.1, 0.15) is 44.6 Å². The fraction of sp³-hybridized carbons (Fsp3) is 0.261. The van der Waals surface area contributed by atoms with Crippen LogP contribution in [0.1, 0.15) is 11.1 Å². The molecule has 138 valence electrons. The topological polar surface area (TPSA) is 39.1 Å². The molecule has 1 fully saturated rings. The van der Waals surface area contributed by atoms with Crippen molar-refractivity contribution in [2.45, 2.75) is 6.54 Å². The summed E-state index contributed by atoms with van der Waals surface area (Å²) in [6.07, 6.45) is 6.12. The lowest BCUT2D eigenvalue weighted by molar-refractivity contribution is -1.02. The second-order valence-electron chi connectivity index (χ2n) is 7.28. The van der Waals surface area contributed by atoms with E-state index in [1.807, 2.05) is 30.3 Å². The van der Waals surface area contributed by atoms with Crippen molar-refractivity contribution in [2.24, 2.45) is 0 Å². The Labute approximate surface area is 159 Å². The summed E-state index contributed by atoms with van der Waals surface area (Å²) in [7, 11) is 0. The highest BCUT2D eigenvalue weighted by atomic mass is 16.3. The third-order valence-corrected chi connectivity index (χ3v) is 5.37. The smallest absolute Gasteiger partial charge is 0.201 e. The van der Waals surface area contributed by atoms with E-state index in [1.165, 1.54) is 10.5 Å². The molecule has 0 unspecified atom stereocenters. The molecule has 0 radical (unpaired) electrons. The minimum atomic E-state index is 0.116. The van der Waals surface area contributed by atoms with Crippen molar-refractivity contribution in [2.75, 3.05) is 32.7 Å². The Morgan fingerprint density at radius 1 is 0.889 bits per heavy atom. The van der Waals surface area contributed by atoms with E-state index in [1.54, 1.807) is 11.2 Å². The van der Waals surface area contributed by atoms with Crippen LogP contribution in [0, 0.1) is 0 Å². The molecule has 0 atom stereocenters. The molecule has 0 amide bonds. The Balaban J connectivity index is 1.31. The molecule has 1 aromatic heterocycles. The van der Waals surface area contributed by atoms with E-state index in [0.29, 0.717) is 11.0 Å². The first kappa shape index (κ1) is 17.7. The maximum atomic E-state index is 12.7. The second kappa shape index (κ2) is 8.33. The average Bonchev–Trinajstić information content (AvgIpc) is 2.72. The van der Waals surface area contributed by atoms with Gasteiger partial charge in [-0.3, -0.25) is 4.79 Å². The molecule has 4 nitrogen and oxygen atoms in total. The van der Waals surface area contributed by atoms with Gasteiger partial charge in [-0.1, -0.05) is 48.5 Å². The second-order valence-corrected chi connectivity index (χ2v) is 7.28. The van der Waals surface area contributed by atoms with Crippen LogP contribution >= 0.6 is 0 Å². The number of rotatable bonds is 5. The Morgan fingerprint density at radius 2 is 1.59 bits per heavy atom. The van der Waals surface area contributed by atoms with E-state index in [4.69, 9.17) is 4.42 Å². The SMILES string of the molecule is O=c1c(C[NH+]2CC[NH+](C/C=C/c3ccccc3)CC2)coc2ccccc12. The molecule has 3 aromatic rings. The Morgan fingerprint density at radius 3 is 2.41 bits per heavy atom. The van der Waals surface area contributed by atoms with Crippen LogP contribution in [-0.4, -0.2) is 32.7 Å². The van der Waals surface area contributed by atoms with Crippen LogP contribution in [0.2, 0.25) is 0 Å². The van der Waals surface area contributed by atoms with Crippen LogP contribution in [0.3, 0.4) is 0 Å². The van der Waals surface area contributed by atoms with Crippen molar-refractivity contribution in [3.8, 4) is 0 Å². The van der Waals surface area contributed by atoms with Crippen molar-refractivity contribution in [1.82, 2.24) is 0 Å². The largest absolute Gasteiger partial charge is 0.464 e. The predicted octanol–water partition coefficient (Wildman–Crippen LogP) is 0.790. The van der Waals surface area contributed by atoms with Crippen LogP contribution in [0.4, 0.5) is 0 Å². The van der Waals surface area contributed by atoms with E-state index in [0.717, 1.165) is 44.8 Å². The van der Waals surface area contributed by atoms with Crippen LogP contribution in [0.15, 0.2) is 76.1 Å². The van der Waals surface area contributed by atoms with Gasteiger partial charge in [0.15, 0.2) is 0 Å². The summed E-state index contributed by atoms with van der Waals surface area (Å²) >= 11 is 0. The number of hydrogen-bond donors (Lipinski definition) is 2. The zero-order valence-electron chi connectivity index (χ0n) is 15.5.